The quantitative estimate of drug-likeness (QED) is 0.806. The third-order valence-electron chi connectivity index (χ3n) is 4.51. The van der Waals surface area contributed by atoms with Crippen LogP contribution in [0.25, 0.3) is 5.52 Å². The highest BCUT2D eigenvalue weighted by atomic mass is 16.2. The Morgan fingerprint density at radius 2 is 2.21 bits per heavy atom. The van der Waals surface area contributed by atoms with Gasteiger partial charge in [0.15, 0.2) is 0 Å². The maximum Gasteiger partial charge on any atom is 0.273 e. The van der Waals surface area contributed by atoms with Gasteiger partial charge >= 0.3 is 0 Å². The van der Waals surface area contributed by atoms with Gasteiger partial charge in [-0.25, -0.2) is 4.98 Å². The summed E-state index contributed by atoms with van der Waals surface area (Å²) in [6.07, 6.45) is 7.57. The Morgan fingerprint density at radius 3 is 3.00 bits per heavy atom. The normalized spacial score (nSPS) is 17.4. The maximum atomic E-state index is 12.8. The number of rotatable bonds is 3. The minimum absolute atomic E-state index is 0.0154. The molecule has 1 aliphatic heterocycles. The van der Waals surface area contributed by atoms with Crippen molar-refractivity contribution in [1.29, 1.82) is 0 Å². The predicted molar refractivity (Wildman–Crippen MR) is 92.0 cm³/mol. The van der Waals surface area contributed by atoms with Gasteiger partial charge < -0.3 is 14.6 Å². The highest BCUT2D eigenvalue weighted by Gasteiger charge is 2.32. The van der Waals surface area contributed by atoms with E-state index in [-0.39, 0.29) is 11.9 Å². The van der Waals surface area contributed by atoms with E-state index in [9.17, 15) is 4.79 Å². The van der Waals surface area contributed by atoms with Crippen molar-refractivity contribution in [3.8, 4) is 0 Å². The fraction of sp³-hybridized carbons (Fsp3) is 0.278. The molecule has 0 bridgehead atoms. The number of likely N-dealkylation sites (tertiary alicyclic amines) is 1. The first-order chi connectivity index (χ1) is 11.8. The lowest BCUT2D eigenvalue weighted by Crippen LogP contribution is -2.31. The van der Waals surface area contributed by atoms with E-state index in [4.69, 9.17) is 4.98 Å². The molecule has 3 aromatic rings. The number of hydrogen-bond donors (Lipinski definition) is 1. The van der Waals surface area contributed by atoms with Crippen molar-refractivity contribution >= 4 is 17.2 Å². The number of nitrogens with zero attached hydrogens (tertiary/aromatic N) is 4. The number of pyridine rings is 1. The lowest BCUT2D eigenvalue weighted by molar-refractivity contribution is 0.0726. The highest BCUT2D eigenvalue weighted by Crippen LogP contribution is 2.33. The van der Waals surface area contributed by atoms with Gasteiger partial charge in [-0.05, 0) is 37.1 Å². The SMILES string of the molecule is CNc1nc(C2CCCN2C(=O)c2ccccn2)cn2cccc12. The monoisotopic (exact) mass is 321 g/mol. The Kier molecular flexibility index (Phi) is 3.65. The first-order valence-electron chi connectivity index (χ1n) is 8.15. The summed E-state index contributed by atoms with van der Waals surface area (Å²) >= 11 is 0. The van der Waals surface area contributed by atoms with Crippen molar-refractivity contribution in [1.82, 2.24) is 19.3 Å². The van der Waals surface area contributed by atoms with Crippen LogP contribution in [-0.4, -0.2) is 38.8 Å². The summed E-state index contributed by atoms with van der Waals surface area (Å²) in [5, 5.41) is 3.15. The van der Waals surface area contributed by atoms with Gasteiger partial charge in [0.25, 0.3) is 5.91 Å². The zero-order valence-electron chi connectivity index (χ0n) is 13.5. The van der Waals surface area contributed by atoms with Crippen LogP contribution >= 0.6 is 0 Å². The molecular weight excluding hydrogens is 302 g/mol. The van der Waals surface area contributed by atoms with Crippen LogP contribution in [0.2, 0.25) is 0 Å². The molecule has 1 N–H and O–H groups in total. The summed E-state index contributed by atoms with van der Waals surface area (Å²) in [6, 6.07) is 9.42. The first-order valence-corrected chi connectivity index (χ1v) is 8.15. The van der Waals surface area contributed by atoms with E-state index in [1.165, 1.54) is 0 Å². The number of fused-ring (bicyclic) bond motifs is 1. The second-order valence-corrected chi connectivity index (χ2v) is 5.94. The minimum Gasteiger partial charge on any atom is -0.371 e. The molecule has 1 fully saturated rings. The van der Waals surface area contributed by atoms with Crippen LogP contribution in [0.1, 0.15) is 35.1 Å². The molecule has 4 heterocycles. The Labute approximate surface area is 140 Å². The minimum atomic E-state index is -0.0292. The van der Waals surface area contributed by atoms with Crippen LogP contribution in [0.15, 0.2) is 48.9 Å². The van der Waals surface area contributed by atoms with Gasteiger partial charge in [-0.1, -0.05) is 6.07 Å². The summed E-state index contributed by atoms with van der Waals surface area (Å²) < 4.78 is 2.05. The largest absolute Gasteiger partial charge is 0.371 e. The molecule has 24 heavy (non-hydrogen) atoms. The molecule has 0 radical (unpaired) electrons. The summed E-state index contributed by atoms with van der Waals surface area (Å²) in [4.78, 5) is 23.7. The fourth-order valence-corrected chi connectivity index (χ4v) is 3.36. The summed E-state index contributed by atoms with van der Waals surface area (Å²) in [5.74, 6) is 0.799. The van der Waals surface area contributed by atoms with Gasteiger partial charge in [-0.15, -0.1) is 0 Å². The molecule has 1 unspecified atom stereocenters. The van der Waals surface area contributed by atoms with E-state index in [0.717, 1.165) is 36.4 Å². The van der Waals surface area contributed by atoms with E-state index in [1.54, 1.807) is 12.3 Å². The van der Waals surface area contributed by atoms with E-state index >= 15 is 0 Å². The van der Waals surface area contributed by atoms with Gasteiger partial charge in [-0.2, -0.15) is 0 Å². The molecule has 1 saturated heterocycles. The highest BCUT2D eigenvalue weighted by molar-refractivity contribution is 5.92. The Bertz CT molecular complexity index is 874. The molecule has 1 aliphatic rings. The maximum absolute atomic E-state index is 12.8. The average Bonchev–Trinajstić information content (AvgIpc) is 3.29. The second kappa shape index (κ2) is 5.96. The van der Waals surface area contributed by atoms with E-state index in [0.29, 0.717) is 5.69 Å². The predicted octanol–water partition coefficient (Wildman–Crippen LogP) is 2.75. The van der Waals surface area contributed by atoms with Crippen molar-refractivity contribution in [3.63, 3.8) is 0 Å². The number of hydrogen-bond acceptors (Lipinski definition) is 4. The zero-order chi connectivity index (χ0) is 16.5. The van der Waals surface area contributed by atoms with Gasteiger partial charge in [0.2, 0.25) is 0 Å². The third-order valence-corrected chi connectivity index (χ3v) is 4.51. The molecule has 6 nitrogen and oxygen atoms in total. The molecule has 1 atom stereocenters. The summed E-state index contributed by atoms with van der Waals surface area (Å²) in [6.45, 7) is 0.736. The standard InChI is InChI=1S/C18H19N5O/c1-19-17-16-8-4-10-22(16)12-14(21-17)15-7-5-11-23(15)18(24)13-6-2-3-9-20-13/h2-4,6,8-10,12,15H,5,7,11H2,1H3,(H,19,21). The first kappa shape index (κ1) is 14.7. The van der Waals surface area contributed by atoms with Crippen molar-refractivity contribution in [2.24, 2.45) is 0 Å². The van der Waals surface area contributed by atoms with Crippen molar-refractivity contribution in [3.05, 3.63) is 60.3 Å². The molecular formula is C18H19N5O. The number of carbonyl (C=O) groups excluding carboxylic acids is 1. The Hall–Kier alpha value is -2.89. The van der Waals surface area contributed by atoms with Crippen molar-refractivity contribution in [2.75, 3.05) is 18.9 Å². The van der Waals surface area contributed by atoms with E-state index < -0.39 is 0 Å². The lowest BCUT2D eigenvalue weighted by atomic mass is 10.1. The van der Waals surface area contributed by atoms with E-state index in [1.807, 2.05) is 48.6 Å². The van der Waals surface area contributed by atoms with Gasteiger partial charge in [-0.3, -0.25) is 9.78 Å². The summed E-state index contributed by atoms with van der Waals surface area (Å²) in [7, 11) is 1.87. The lowest BCUT2D eigenvalue weighted by Gasteiger charge is -2.24. The topological polar surface area (TPSA) is 62.5 Å². The molecule has 0 aromatic carbocycles. The smallest absolute Gasteiger partial charge is 0.273 e. The van der Waals surface area contributed by atoms with Crippen LogP contribution in [0.3, 0.4) is 0 Å². The molecule has 0 aliphatic carbocycles. The fourth-order valence-electron chi connectivity index (χ4n) is 3.36. The van der Waals surface area contributed by atoms with Crippen LogP contribution < -0.4 is 5.32 Å². The molecule has 3 aromatic heterocycles. The Morgan fingerprint density at radius 1 is 1.29 bits per heavy atom. The number of nitrogens with one attached hydrogen (secondary N) is 1. The van der Waals surface area contributed by atoms with Gasteiger partial charge in [0.05, 0.1) is 17.3 Å². The van der Waals surface area contributed by atoms with Crippen LogP contribution in [0.4, 0.5) is 5.82 Å². The van der Waals surface area contributed by atoms with Crippen molar-refractivity contribution in [2.45, 2.75) is 18.9 Å². The van der Waals surface area contributed by atoms with Gasteiger partial charge in [0.1, 0.15) is 11.5 Å². The summed E-state index contributed by atoms with van der Waals surface area (Å²) in [5.41, 5.74) is 2.42. The molecule has 6 heteroatoms. The second-order valence-electron chi connectivity index (χ2n) is 5.94. The number of amides is 1. The average molecular weight is 321 g/mol. The van der Waals surface area contributed by atoms with E-state index in [2.05, 4.69) is 14.7 Å². The molecule has 1 amide bonds. The van der Waals surface area contributed by atoms with Crippen LogP contribution in [-0.2, 0) is 0 Å². The molecule has 122 valence electrons. The zero-order valence-corrected chi connectivity index (χ0v) is 13.5. The van der Waals surface area contributed by atoms with Crippen LogP contribution in [0, 0.1) is 0 Å². The van der Waals surface area contributed by atoms with Crippen molar-refractivity contribution < 1.29 is 4.79 Å². The van der Waals surface area contributed by atoms with Gasteiger partial charge in [0, 0.05) is 32.2 Å². The molecule has 4 rings (SSSR count). The number of carbonyl (C=O) groups is 1. The molecule has 0 spiro atoms. The number of anilines is 1. The third kappa shape index (κ3) is 2.40. The van der Waals surface area contributed by atoms with Crippen LogP contribution in [0.5, 0.6) is 0 Å². The Balaban J connectivity index is 1.71. The number of aromatic nitrogens is 3. The molecule has 0 saturated carbocycles.